The molecule has 4 rings (SSSR count). The third kappa shape index (κ3) is 4.11. The van der Waals surface area contributed by atoms with Crippen LogP contribution in [0.3, 0.4) is 0 Å². The molecule has 4 N–H and O–H groups in total. The quantitative estimate of drug-likeness (QED) is 0.496. The summed E-state index contributed by atoms with van der Waals surface area (Å²) in [6, 6.07) is 0. The van der Waals surface area contributed by atoms with E-state index in [0.29, 0.717) is 41.9 Å². The predicted octanol–water partition coefficient (Wildman–Crippen LogP) is 3.59. The highest BCUT2D eigenvalue weighted by atomic mass is 16.4. The third-order valence-electron chi connectivity index (χ3n) is 10.7. The number of amides is 1. The van der Waals surface area contributed by atoms with Gasteiger partial charge in [-0.2, -0.15) is 0 Å². The smallest absolute Gasteiger partial charge is 0.322 e. The molecule has 1 amide bonds. The zero-order valence-corrected chi connectivity index (χ0v) is 20.1. The largest absolute Gasteiger partial charge is 0.480 e. The summed E-state index contributed by atoms with van der Waals surface area (Å²) in [5.74, 6) is 1.66. The molecule has 32 heavy (non-hydrogen) atoms. The van der Waals surface area contributed by atoms with Gasteiger partial charge in [0.15, 0.2) is 0 Å². The lowest BCUT2D eigenvalue weighted by atomic mass is 9.43. The van der Waals surface area contributed by atoms with Crippen LogP contribution in [0.25, 0.3) is 0 Å². The lowest BCUT2D eigenvalue weighted by Crippen LogP contribution is -2.58. The van der Waals surface area contributed by atoms with E-state index in [2.05, 4.69) is 26.1 Å². The summed E-state index contributed by atoms with van der Waals surface area (Å²) in [5, 5.41) is 32.8. The SMILES string of the molecule is C[C@H](CCC(=O)NCC(=O)O)[C@H]1CC[C@H]2[C@@H]3[C@@H](O)CC4C[C@H](O)CC[C@]4(C)[C@H]3CC[C@]12C. The number of aliphatic hydroxyl groups excluding tert-OH is 2. The van der Waals surface area contributed by atoms with Crippen molar-refractivity contribution < 1.29 is 24.9 Å². The molecule has 0 spiro atoms. The fourth-order valence-corrected chi connectivity index (χ4v) is 9.00. The van der Waals surface area contributed by atoms with Gasteiger partial charge in [-0.05, 0) is 104 Å². The number of carboxylic acids is 1. The normalized spacial score (nSPS) is 46.5. The van der Waals surface area contributed by atoms with Gasteiger partial charge in [0, 0.05) is 6.42 Å². The van der Waals surface area contributed by atoms with Crippen LogP contribution in [0, 0.1) is 46.3 Å². The van der Waals surface area contributed by atoms with Crippen LogP contribution in [0.1, 0.15) is 85.0 Å². The van der Waals surface area contributed by atoms with Crippen LogP contribution < -0.4 is 5.32 Å². The monoisotopic (exact) mass is 449 g/mol. The van der Waals surface area contributed by atoms with E-state index in [1.165, 1.54) is 12.8 Å². The van der Waals surface area contributed by atoms with Crippen LogP contribution in [0.15, 0.2) is 0 Å². The molecule has 6 nitrogen and oxygen atoms in total. The Morgan fingerprint density at radius 3 is 2.41 bits per heavy atom. The molecule has 0 saturated heterocycles. The fourth-order valence-electron chi connectivity index (χ4n) is 9.00. The molecule has 0 aromatic rings. The first-order valence-corrected chi connectivity index (χ1v) is 12.9. The summed E-state index contributed by atoms with van der Waals surface area (Å²) in [4.78, 5) is 22.7. The Labute approximate surface area is 192 Å². The number of hydrogen-bond donors (Lipinski definition) is 4. The van der Waals surface area contributed by atoms with Crippen LogP contribution in [-0.4, -0.2) is 45.9 Å². The molecular weight excluding hydrogens is 406 g/mol. The Balaban J connectivity index is 1.44. The highest BCUT2D eigenvalue weighted by Crippen LogP contribution is 2.68. The van der Waals surface area contributed by atoms with Crippen molar-refractivity contribution in [3.05, 3.63) is 0 Å². The minimum Gasteiger partial charge on any atom is -0.480 e. The minimum atomic E-state index is -1.01. The van der Waals surface area contributed by atoms with Gasteiger partial charge < -0.3 is 20.6 Å². The van der Waals surface area contributed by atoms with E-state index in [1.807, 2.05) is 0 Å². The number of rotatable bonds is 6. The van der Waals surface area contributed by atoms with Crippen LogP contribution in [0.5, 0.6) is 0 Å². The van der Waals surface area contributed by atoms with E-state index in [9.17, 15) is 19.8 Å². The van der Waals surface area contributed by atoms with E-state index in [-0.39, 0.29) is 35.5 Å². The molecule has 1 unspecified atom stereocenters. The summed E-state index contributed by atoms with van der Waals surface area (Å²) >= 11 is 0. The first-order chi connectivity index (χ1) is 15.1. The van der Waals surface area contributed by atoms with Crippen molar-refractivity contribution in [1.82, 2.24) is 5.32 Å². The molecule has 0 heterocycles. The number of aliphatic carboxylic acids is 1. The average molecular weight is 450 g/mol. The summed E-state index contributed by atoms with van der Waals surface area (Å²) in [5.41, 5.74) is 0.451. The van der Waals surface area contributed by atoms with Crippen LogP contribution in [-0.2, 0) is 9.59 Å². The standard InChI is InChI=1S/C26H43NO5/c1-15(4-7-22(30)27-14-23(31)32)18-5-6-19-24-20(9-11-26(18,19)3)25(2)10-8-17(28)12-16(25)13-21(24)29/h15-21,24,28-29H,4-14H2,1-3H3,(H,27,30)(H,31,32)/t15-,16?,17-,18-,19+,20+,21+,24+,25+,26-/m1/s1. The van der Waals surface area contributed by atoms with E-state index < -0.39 is 5.97 Å². The molecule has 4 fully saturated rings. The molecule has 0 aliphatic heterocycles. The number of carbonyl (C=O) groups excluding carboxylic acids is 1. The molecular formula is C26H43NO5. The highest BCUT2D eigenvalue weighted by Gasteiger charge is 2.62. The van der Waals surface area contributed by atoms with Gasteiger partial charge in [0.2, 0.25) is 5.91 Å². The number of fused-ring (bicyclic) bond motifs is 5. The molecule has 0 radical (unpaired) electrons. The topological polar surface area (TPSA) is 107 Å². The number of hydrogen-bond acceptors (Lipinski definition) is 4. The second kappa shape index (κ2) is 8.90. The Morgan fingerprint density at radius 1 is 1.00 bits per heavy atom. The number of aliphatic hydroxyl groups is 2. The lowest BCUT2D eigenvalue weighted by Gasteiger charge is -2.62. The molecule has 0 bridgehead atoms. The Kier molecular flexibility index (Phi) is 6.68. The molecule has 0 aromatic carbocycles. The summed E-state index contributed by atoms with van der Waals surface area (Å²) in [7, 11) is 0. The van der Waals surface area contributed by atoms with E-state index in [4.69, 9.17) is 5.11 Å². The third-order valence-corrected chi connectivity index (χ3v) is 10.7. The van der Waals surface area contributed by atoms with Crippen molar-refractivity contribution >= 4 is 11.9 Å². The van der Waals surface area contributed by atoms with Gasteiger partial charge in [0.25, 0.3) is 0 Å². The Morgan fingerprint density at radius 2 is 1.69 bits per heavy atom. The minimum absolute atomic E-state index is 0.177. The van der Waals surface area contributed by atoms with Crippen molar-refractivity contribution in [2.75, 3.05) is 6.54 Å². The Bertz CT molecular complexity index is 727. The fraction of sp³-hybridized carbons (Fsp3) is 0.923. The molecule has 10 atom stereocenters. The van der Waals surface area contributed by atoms with Crippen LogP contribution >= 0.6 is 0 Å². The first-order valence-electron chi connectivity index (χ1n) is 12.9. The van der Waals surface area contributed by atoms with Crippen molar-refractivity contribution in [2.45, 2.75) is 97.2 Å². The molecule has 182 valence electrons. The van der Waals surface area contributed by atoms with Gasteiger partial charge in [-0.3, -0.25) is 9.59 Å². The predicted molar refractivity (Wildman–Crippen MR) is 122 cm³/mol. The van der Waals surface area contributed by atoms with Gasteiger partial charge >= 0.3 is 5.97 Å². The van der Waals surface area contributed by atoms with E-state index in [1.54, 1.807) is 0 Å². The van der Waals surface area contributed by atoms with Crippen LogP contribution in [0.4, 0.5) is 0 Å². The number of carbonyl (C=O) groups is 2. The molecule has 4 aliphatic carbocycles. The van der Waals surface area contributed by atoms with Gasteiger partial charge in [0.1, 0.15) is 6.54 Å². The maximum absolute atomic E-state index is 12.0. The summed E-state index contributed by atoms with van der Waals surface area (Å²) < 4.78 is 0. The average Bonchev–Trinajstić information content (AvgIpc) is 3.09. The molecule has 4 saturated carbocycles. The maximum Gasteiger partial charge on any atom is 0.322 e. The number of nitrogens with one attached hydrogen (secondary N) is 1. The van der Waals surface area contributed by atoms with Crippen LogP contribution in [0.2, 0.25) is 0 Å². The van der Waals surface area contributed by atoms with Gasteiger partial charge in [0.05, 0.1) is 12.2 Å². The second-order valence-electron chi connectivity index (χ2n) is 12.1. The number of carboxylic acid groups (broad SMARTS) is 1. The van der Waals surface area contributed by atoms with Gasteiger partial charge in [-0.1, -0.05) is 20.8 Å². The molecule has 4 aliphatic rings. The second-order valence-corrected chi connectivity index (χ2v) is 12.1. The van der Waals surface area contributed by atoms with E-state index >= 15 is 0 Å². The van der Waals surface area contributed by atoms with Gasteiger partial charge in [-0.15, -0.1) is 0 Å². The maximum atomic E-state index is 12.0. The molecule has 0 aromatic heterocycles. The van der Waals surface area contributed by atoms with Crippen molar-refractivity contribution in [1.29, 1.82) is 0 Å². The van der Waals surface area contributed by atoms with E-state index in [0.717, 1.165) is 44.9 Å². The highest BCUT2D eigenvalue weighted by molar-refractivity contribution is 5.81. The van der Waals surface area contributed by atoms with Crippen molar-refractivity contribution in [2.24, 2.45) is 46.3 Å². The Hall–Kier alpha value is -1.14. The summed E-state index contributed by atoms with van der Waals surface area (Å²) in [6.07, 6.45) is 9.06. The zero-order chi connectivity index (χ0) is 23.3. The first kappa shape index (κ1) is 24.0. The molecule has 6 heteroatoms. The van der Waals surface area contributed by atoms with Gasteiger partial charge in [-0.25, -0.2) is 0 Å². The van der Waals surface area contributed by atoms with Crippen molar-refractivity contribution in [3.8, 4) is 0 Å². The van der Waals surface area contributed by atoms with Crippen molar-refractivity contribution in [3.63, 3.8) is 0 Å². The zero-order valence-electron chi connectivity index (χ0n) is 20.1. The summed E-state index contributed by atoms with van der Waals surface area (Å²) in [6.45, 7) is 6.83. The lowest BCUT2D eigenvalue weighted by molar-refractivity contribution is -0.174.